The van der Waals surface area contributed by atoms with E-state index in [4.69, 9.17) is 0 Å². The number of benzene rings is 1. The van der Waals surface area contributed by atoms with E-state index in [1.54, 1.807) is 12.1 Å². The lowest BCUT2D eigenvalue weighted by atomic mass is 9.83. The zero-order valence-electron chi connectivity index (χ0n) is 12.9. The molecule has 0 amide bonds. The first-order valence-electron chi connectivity index (χ1n) is 8.15. The number of nitrogens with one attached hydrogen (secondary N) is 1. The van der Waals surface area contributed by atoms with Crippen LogP contribution in [0.2, 0.25) is 0 Å². The number of nitrogens with zero attached hydrogens (tertiary/aromatic N) is 1. The van der Waals surface area contributed by atoms with Gasteiger partial charge in [0.25, 0.3) is 5.69 Å². The molecule has 0 aliphatic heterocycles. The van der Waals surface area contributed by atoms with Crippen molar-refractivity contribution >= 4 is 5.69 Å². The standard InChI is InChI=1S/C17H26N2O2/c1-2-3-14-4-8-16(9-5-14)18-13-12-15-6-10-17(11-7-15)19(20)21/h6-7,10-11,14,16,18H,2-5,8-9,12-13H2,1H3. The number of hydrogen-bond donors (Lipinski definition) is 1. The van der Waals surface area contributed by atoms with Crippen LogP contribution < -0.4 is 5.32 Å². The zero-order chi connectivity index (χ0) is 15.1. The van der Waals surface area contributed by atoms with Crippen LogP contribution in [0.1, 0.15) is 51.0 Å². The van der Waals surface area contributed by atoms with Gasteiger partial charge < -0.3 is 5.32 Å². The average molecular weight is 290 g/mol. The Morgan fingerprint density at radius 3 is 2.43 bits per heavy atom. The molecule has 4 heteroatoms. The molecule has 0 spiro atoms. The summed E-state index contributed by atoms with van der Waals surface area (Å²) < 4.78 is 0. The topological polar surface area (TPSA) is 55.2 Å². The minimum absolute atomic E-state index is 0.168. The van der Waals surface area contributed by atoms with Gasteiger partial charge >= 0.3 is 0 Å². The third-order valence-corrected chi connectivity index (χ3v) is 4.54. The van der Waals surface area contributed by atoms with Gasteiger partial charge in [0.15, 0.2) is 0 Å². The second kappa shape index (κ2) is 8.13. The summed E-state index contributed by atoms with van der Waals surface area (Å²) in [5.74, 6) is 0.947. The van der Waals surface area contributed by atoms with Gasteiger partial charge in [0, 0.05) is 18.2 Å². The molecule has 1 aliphatic rings. The molecule has 1 aliphatic carbocycles. The number of nitro groups is 1. The monoisotopic (exact) mass is 290 g/mol. The summed E-state index contributed by atoms with van der Waals surface area (Å²) in [6, 6.07) is 7.56. The summed E-state index contributed by atoms with van der Waals surface area (Å²) in [5.41, 5.74) is 1.33. The number of hydrogen-bond acceptors (Lipinski definition) is 3. The van der Waals surface area contributed by atoms with E-state index in [2.05, 4.69) is 12.2 Å². The predicted octanol–water partition coefficient (Wildman–Crippen LogP) is 4.09. The third kappa shape index (κ3) is 5.12. The van der Waals surface area contributed by atoms with Crippen LogP contribution in [-0.4, -0.2) is 17.5 Å². The Bertz CT molecular complexity index is 437. The first-order valence-corrected chi connectivity index (χ1v) is 8.15. The molecule has 1 N–H and O–H groups in total. The van der Waals surface area contributed by atoms with Gasteiger partial charge in [-0.15, -0.1) is 0 Å². The van der Waals surface area contributed by atoms with E-state index in [0.717, 1.165) is 24.4 Å². The van der Waals surface area contributed by atoms with Crippen molar-refractivity contribution < 1.29 is 4.92 Å². The molecule has 0 saturated heterocycles. The molecule has 0 unspecified atom stereocenters. The number of non-ortho nitro benzene ring substituents is 1. The van der Waals surface area contributed by atoms with Crippen molar-refractivity contribution in [2.45, 2.75) is 57.9 Å². The molecule has 0 heterocycles. The molecular weight excluding hydrogens is 264 g/mol. The molecule has 0 aromatic heterocycles. The summed E-state index contributed by atoms with van der Waals surface area (Å²) in [5, 5.41) is 14.2. The van der Waals surface area contributed by atoms with Crippen molar-refractivity contribution in [2.24, 2.45) is 5.92 Å². The maximum Gasteiger partial charge on any atom is 0.269 e. The normalized spacial score (nSPS) is 22.1. The molecule has 1 aromatic carbocycles. The van der Waals surface area contributed by atoms with Gasteiger partial charge in [-0.25, -0.2) is 0 Å². The lowest BCUT2D eigenvalue weighted by Crippen LogP contribution is -2.34. The Hall–Kier alpha value is -1.42. The highest BCUT2D eigenvalue weighted by atomic mass is 16.6. The van der Waals surface area contributed by atoms with Crippen molar-refractivity contribution in [2.75, 3.05) is 6.54 Å². The Morgan fingerprint density at radius 2 is 1.86 bits per heavy atom. The van der Waals surface area contributed by atoms with E-state index in [9.17, 15) is 10.1 Å². The van der Waals surface area contributed by atoms with Gasteiger partial charge in [0.05, 0.1) is 4.92 Å². The molecule has 0 radical (unpaired) electrons. The molecular formula is C17H26N2O2. The summed E-state index contributed by atoms with van der Waals surface area (Å²) in [6.45, 7) is 3.23. The van der Waals surface area contributed by atoms with Crippen LogP contribution in [0.5, 0.6) is 0 Å². The number of rotatable bonds is 7. The molecule has 1 saturated carbocycles. The fourth-order valence-corrected chi connectivity index (χ4v) is 3.27. The summed E-state index contributed by atoms with van der Waals surface area (Å²) in [7, 11) is 0. The maximum atomic E-state index is 10.6. The minimum atomic E-state index is -0.350. The highest BCUT2D eigenvalue weighted by Crippen LogP contribution is 2.27. The van der Waals surface area contributed by atoms with Gasteiger partial charge in [-0.05, 0) is 50.1 Å². The molecule has 1 fully saturated rings. The lowest BCUT2D eigenvalue weighted by Gasteiger charge is -2.29. The Morgan fingerprint density at radius 1 is 1.19 bits per heavy atom. The summed E-state index contributed by atoms with van der Waals surface area (Å²) in [6.07, 6.45) is 8.95. The van der Waals surface area contributed by atoms with Crippen LogP contribution in [0.4, 0.5) is 5.69 Å². The van der Waals surface area contributed by atoms with Crippen molar-refractivity contribution in [3.05, 3.63) is 39.9 Å². The van der Waals surface area contributed by atoms with Crippen LogP contribution in [0.15, 0.2) is 24.3 Å². The summed E-state index contributed by atoms with van der Waals surface area (Å²) >= 11 is 0. The van der Waals surface area contributed by atoms with Crippen LogP contribution in [-0.2, 0) is 6.42 Å². The van der Waals surface area contributed by atoms with Gasteiger partial charge in [0.1, 0.15) is 0 Å². The molecule has 4 nitrogen and oxygen atoms in total. The van der Waals surface area contributed by atoms with Gasteiger partial charge in [-0.3, -0.25) is 10.1 Å². The van der Waals surface area contributed by atoms with E-state index in [1.165, 1.54) is 38.5 Å². The van der Waals surface area contributed by atoms with Gasteiger partial charge in [-0.1, -0.05) is 31.9 Å². The SMILES string of the molecule is CCCC1CCC(NCCc2ccc([N+](=O)[O-])cc2)CC1. The van der Waals surface area contributed by atoms with E-state index in [0.29, 0.717) is 6.04 Å². The van der Waals surface area contributed by atoms with Crippen LogP contribution >= 0.6 is 0 Å². The Labute approximate surface area is 127 Å². The van der Waals surface area contributed by atoms with Crippen molar-refractivity contribution in [3.8, 4) is 0 Å². The van der Waals surface area contributed by atoms with Crippen LogP contribution in [0.3, 0.4) is 0 Å². The van der Waals surface area contributed by atoms with E-state index >= 15 is 0 Å². The largest absolute Gasteiger partial charge is 0.314 e. The first-order chi connectivity index (χ1) is 10.2. The number of nitro benzene ring substituents is 1. The van der Waals surface area contributed by atoms with Crippen LogP contribution in [0.25, 0.3) is 0 Å². The van der Waals surface area contributed by atoms with Crippen molar-refractivity contribution in [1.29, 1.82) is 0 Å². The van der Waals surface area contributed by atoms with Crippen molar-refractivity contribution in [1.82, 2.24) is 5.32 Å². The smallest absolute Gasteiger partial charge is 0.269 e. The fourth-order valence-electron chi connectivity index (χ4n) is 3.27. The quantitative estimate of drug-likeness (QED) is 0.608. The second-order valence-corrected chi connectivity index (χ2v) is 6.13. The summed E-state index contributed by atoms with van der Waals surface area (Å²) in [4.78, 5) is 10.2. The molecule has 0 atom stereocenters. The van der Waals surface area contributed by atoms with E-state index in [1.807, 2.05) is 12.1 Å². The Kier molecular flexibility index (Phi) is 6.18. The maximum absolute atomic E-state index is 10.6. The predicted molar refractivity (Wildman–Crippen MR) is 85.5 cm³/mol. The fraction of sp³-hybridized carbons (Fsp3) is 0.647. The van der Waals surface area contributed by atoms with Gasteiger partial charge in [-0.2, -0.15) is 0 Å². The van der Waals surface area contributed by atoms with E-state index < -0.39 is 0 Å². The van der Waals surface area contributed by atoms with Gasteiger partial charge in [0.2, 0.25) is 0 Å². The molecule has 1 aromatic rings. The highest BCUT2D eigenvalue weighted by molar-refractivity contribution is 5.32. The average Bonchev–Trinajstić information content (AvgIpc) is 2.50. The van der Waals surface area contributed by atoms with E-state index in [-0.39, 0.29) is 10.6 Å². The minimum Gasteiger partial charge on any atom is -0.314 e. The first kappa shape index (κ1) is 16.0. The highest BCUT2D eigenvalue weighted by Gasteiger charge is 2.19. The molecule has 116 valence electrons. The third-order valence-electron chi connectivity index (χ3n) is 4.54. The van der Waals surface area contributed by atoms with Crippen LogP contribution in [0, 0.1) is 16.0 Å². The molecule has 0 bridgehead atoms. The molecule has 2 rings (SSSR count). The molecule has 21 heavy (non-hydrogen) atoms. The zero-order valence-corrected chi connectivity index (χ0v) is 12.9. The Balaban J connectivity index is 1.67. The second-order valence-electron chi connectivity index (χ2n) is 6.13. The lowest BCUT2D eigenvalue weighted by molar-refractivity contribution is -0.384. The van der Waals surface area contributed by atoms with Crippen molar-refractivity contribution in [3.63, 3.8) is 0 Å².